The molecule has 14 heavy (non-hydrogen) atoms. The molecule has 0 saturated carbocycles. The molecule has 74 valence electrons. The number of aromatic nitrogens is 6. The molecule has 0 spiro atoms. The summed E-state index contributed by atoms with van der Waals surface area (Å²) in [6, 6.07) is 0. The fourth-order valence-electron chi connectivity index (χ4n) is 1.000. The van der Waals surface area contributed by atoms with Gasteiger partial charge >= 0.3 is 0 Å². The third kappa shape index (κ3) is 1.91. The summed E-state index contributed by atoms with van der Waals surface area (Å²) in [5, 5.41) is 26.5. The smallest absolute Gasteiger partial charge is 0.177 e. The molecular formula is C6H8N6OS. The van der Waals surface area contributed by atoms with Crippen LogP contribution in [0.1, 0.15) is 17.6 Å². The molecule has 0 aliphatic heterocycles. The van der Waals surface area contributed by atoms with E-state index in [1.165, 1.54) is 16.3 Å². The second kappa shape index (κ2) is 3.76. The van der Waals surface area contributed by atoms with Crippen LogP contribution in [0.5, 0.6) is 0 Å². The van der Waals surface area contributed by atoms with Crippen LogP contribution in [-0.2, 0) is 13.5 Å². The Kier molecular flexibility index (Phi) is 2.46. The first-order chi connectivity index (χ1) is 6.75. The number of aliphatic hydroxyl groups is 1. The zero-order chi connectivity index (χ0) is 9.97. The lowest BCUT2D eigenvalue weighted by Gasteiger charge is -2.01. The fourth-order valence-corrected chi connectivity index (χ4v) is 1.50. The van der Waals surface area contributed by atoms with E-state index in [1.54, 1.807) is 12.4 Å². The minimum Gasteiger partial charge on any atom is -0.386 e. The van der Waals surface area contributed by atoms with Gasteiger partial charge in [0.1, 0.15) is 11.8 Å². The average Bonchev–Trinajstić information content (AvgIpc) is 2.75. The molecule has 2 heterocycles. The lowest BCUT2D eigenvalue weighted by atomic mass is 10.2. The number of hydrogen-bond acceptors (Lipinski definition) is 7. The summed E-state index contributed by atoms with van der Waals surface area (Å²) in [6.45, 7) is 0. The molecule has 7 nitrogen and oxygen atoms in total. The predicted octanol–water partition coefficient (Wildman–Crippen LogP) is -0.662. The Morgan fingerprint density at radius 2 is 2.43 bits per heavy atom. The minimum absolute atomic E-state index is 0.305. The highest BCUT2D eigenvalue weighted by Crippen LogP contribution is 2.13. The van der Waals surface area contributed by atoms with Crippen molar-refractivity contribution in [1.82, 2.24) is 29.8 Å². The zero-order valence-corrected chi connectivity index (χ0v) is 8.22. The van der Waals surface area contributed by atoms with Crippen LogP contribution in [0.4, 0.5) is 0 Å². The molecule has 0 aliphatic rings. The quantitative estimate of drug-likeness (QED) is 0.726. The summed E-state index contributed by atoms with van der Waals surface area (Å²) in [6.07, 6.45) is -0.405. The topological polar surface area (TPSA) is 89.6 Å². The average molecular weight is 212 g/mol. The van der Waals surface area contributed by atoms with Gasteiger partial charge in [0.25, 0.3) is 0 Å². The first kappa shape index (κ1) is 9.16. The largest absolute Gasteiger partial charge is 0.386 e. The van der Waals surface area contributed by atoms with Gasteiger partial charge in [-0.15, -0.1) is 15.3 Å². The Bertz CT molecular complexity index is 398. The molecule has 0 radical (unpaired) electrons. The number of rotatable bonds is 3. The second-order valence-corrected chi connectivity index (χ2v) is 3.35. The van der Waals surface area contributed by atoms with Gasteiger partial charge in [-0.25, -0.2) is 0 Å². The molecule has 1 N–H and O–H groups in total. The van der Waals surface area contributed by atoms with Gasteiger partial charge in [-0.1, -0.05) is 4.49 Å². The monoisotopic (exact) mass is 212 g/mol. The predicted molar refractivity (Wildman–Crippen MR) is 47.4 cm³/mol. The van der Waals surface area contributed by atoms with Crippen LogP contribution >= 0.6 is 11.5 Å². The molecule has 2 aromatic rings. The summed E-state index contributed by atoms with van der Waals surface area (Å²) >= 11 is 1.20. The summed E-state index contributed by atoms with van der Waals surface area (Å²) in [4.78, 5) is 1.35. The van der Waals surface area contributed by atoms with Gasteiger partial charge in [0.2, 0.25) is 0 Å². The van der Waals surface area contributed by atoms with E-state index < -0.39 is 6.10 Å². The van der Waals surface area contributed by atoms with Gasteiger partial charge in [-0.2, -0.15) is 4.80 Å². The van der Waals surface area contributed by atoms with Gasteiger partial charge in [0.05, 0.1) is 7.05 Å². The van der Waals surface area contributed by atoms with Crippen molar-refractivity contribution in [3.8, 4) is 0 Å². The number of aryl methyl sites for hydroxylation is 1. The SMILES string of the molecule is Cn1nnc(CC(O)c2csnn2)n1. The standard InChI is InChI=1S/C6H8N6OS/c1-12-9-6(8-10-12)2-5(13)4-3-14-11-7-4/h3,5,13H,2H2,1H3. The van der Waals surface area contributed by atoms with E-state index in [1.807, 2.05) is 0 Å². The first-order valence-electron chi connectivity index (χ1n) is 3.93. The Hall–Kier alpha value is -1.41. The van der Waals surface area contributed by atoms with E-state index >= 15 is 0 Å². The molecule has 0 amide bonds. The van der Waals surface area contributed by atoms with Gasteiger partial charge in [-0.3, -0.25) is 0 Å². The molecule has 0 saturated heterocycles. The van der Waals surface area contributed by atoms with Crippen LogP contribution in [0, 0.1) is 0 Å². The van der Waals surface area contributed by atoms with Crippen molar-refractivity contribution in [1.29, 1.82) is 0 Å². The van der Waals surface area contributed by atoms with Crippen molar-refractivity contribution >= 4 is 11.5 Å². The van der Waals surface area contributed by atoms with Crippen molar-refractivity contribution in [2.45, 2.75) is 12.5 Å². The van der Waals surface area contributed by atoms with Crippen molar-refractivity contribution < 1.29 is 5.11 Å². The van der Waals surface area contributed by atoms with Crippen molar-refractivity contribution in [3.05, 3.63) is 16.9 Å². The van der Waals surface area contributed by atoms with Crippen molar-refractivity contribution in [2.75, 3.05) is 0 Å². The van der Waals surface area contributed by atoms with Crippen molar-refractivity contribution in [2.24, 2.45) is 7.05 Å². The number of aliphatic hydroxyl groups excluding tert-OH is 1. The van der Waals surface area contributed by atoms with E-state index in [9.17, 15) is 5.11 Å². The van der Waals surface area contributed by atoms with Crippen LogP contribution in [0.3, 0.4) is 0 Å². The Balaban J connectivity index is 2.05. The molecule has 1 atom stereocenters. The molecule has 2 aromatic heterocycles. The Morgan fingerprint density at radius 3 is 3.00 bits per heavy atom. The Morgan fingerprint density at radius 1 is 1.57 bits per heavy atom. The van der Waals surface area contributed by atoms with Crippen LogP contribution < -0.4 is 0 Å². The van der Waals surface area contributed by atoms with E-state index in [-0.39, 0.29) is 0 Å². The maximum atomic E-state index is 9.66. The van der Waals surface area contributed by atoms with E-state index in [0.29, 0.717) is 17.9 Å². The Labute approximate surface area is 83.6 Å². The third-order valence-corrected chi connectivity index (χ3v) is 2.17. The van der Waals surface area contributed by atoms with Crippen LogP contribution in [0.25, 0.3) is 0 Å². The summed E-state index contributed by atoms with van der Waals surface area (Å²) in [7, 11) is 1.67. The lowest BCUT2D eigenvalue weighted by Crippen LogP contribution is -2.04. The maximum Gasteiger partial charge on any atom is 0.177 e. The third-order valence-electron chi connectivity index (χ3n) is 1.64. The van der Waals surface area contributed by atoms with E-state index in [0.717, 1.165) is 0 Å². The highest BCUT2D eigenvalue weighted by Gasteiger charge is 2.14. The van der Waals surface area contributed by atoms with Gasteiger partial charge in [0, 0.05) is 11.8 Å². The van der Waals surface area contributed by atoms with Crippen LogP contribution in [0.2, 0.25) is 0 Å². The minimum atomic E-state index is -0.710. The summed E-state index contributed by atoms with van der Waals surface area (Å²) in [5.41, 5.74) is 0.544. The van der Waals surface area contributed by atoms with Crippen molar-refractivity contribution in [3.63, 3.8) is 0 Å². The van der Waals surface area contributed by atoms with Gasteiger partial charge in [-0.05, 0) is 16.7 Å². The second-order valence-electron chi connectivity index (χ2n) is 2.74. The molecule has 8 heteroatoms. The fraction of sp³-hybridized carbons (Fsp3) is 0.500. The summed E-state index contributed by atoms with van der Waals surface area (Å²) < 4.78 is 3.66. The maximum absolute atomic E-state index is 9.66. The molecule has 0 aromatic carbocycles. The van der Waals surface area contributed by atoms with Crippen LogP contribution in [-0.4, -0.2) is 34.9 Å². The number of tetrazole rings is 1. The molecular weight excluding hydrogens is 204 g/mol. The van der Waals surface area contributed by atoms with E-state index in [4.69, 9.17) is 0 Å². The number of nitrogens with zero attached hydrogens (tertiary/aromatic N) is 6. The highest BCUT2D eigenvalue weighted by atomic mass is 32.1. The van der Waals surface area contributed by atoms with Gasteiger partial charge < -0.3 is 5.11 Å². The lowest BCUT2D eigenvalue weighted by molar-refractivity contribution is 0.171. The summed E-state index contributed by atoms with van der Waals surface area (Å²) in [5.74, 6) is 0.494. The molecule has 2 rings (SSSR count). The molecule has 0 bridgehead atoms. The molecule has 0 fully saturated rings. The molecule has 0 aliphatic carbocycles. The van der Waals surface area contributed by atoms with Gasteiger partial charge in [0.15, 0.2) is 5.82 Å². The molecule has 1 unspecified atom stereocenters. The number of hydrogen-bond donors (Lipinski definition) is 1. The highest BCUT2D eigenvalue weighted by molar-refractivity contribution is 7.03. The van der Waals surface area contributed by atoms with E-state index in [2.05, 4.69) is 25.0 Å². The zero-order valence-electron chi connectivity index (χ0n) is 7.40. The normalized spacial score (nSPS) is 13.0. The van der Waals surface area contributed by atoms with Crippen LogP contribution in [0.15, 0.2) is 5.38 Å². The first-order valence-corrected chi connectivity index (χ1v) is 4.77.